The quantitative estimate of drug-likeness (QED) is 0.916. The fourth-order valence-corrected chi connectivity index (χ4v) is 4.16. The highest BCUT2D eigenvalue weighted by Gasteiger charge is 2.30. The van der Waals surface area contributed by atoms with Crippen molar-refractivity contribution in [1.29, 1.82) is 0 Å². The van der Waals surface area contributed by atoms with E-state index in [1.165, 1.54) is 11.8 Å². The van der Waals surface area contributed by atoms with Gasteiger partial charge in [-0.3, -0.25) is 0 Å². The van der Waals surface area contributed by atoms with Gasteiger partial charge in [-0.05, 0) is 37.0 Å². The fourth-order valence-electron chi connectivity index (χ4n) is 3.21. The van der Waals surface area contributed by atoms with E-state index in [-0.39, 0.29) is 0 Å². The van der Waals surface area contributed by atoms with Gasteiger partial charge in [0.1, 0.15) is 5.65 Å². The average molecular weight is 336 g/mol. The largest absolute Gasteiger partial charge is 0.308 e. The number of imidazole rings is 1. The van der Waals surface area contributed by atoms with E-state index in [9.17, 15) is 8.42 Å². The Morgan fingerprint density at radius 3 is 2.91 bits per heavy atom. The summed E-state index contributed by atoms with van der Waals surface area (Å²) in [6.45, 7) is 6.07. The van der Waals surface area contributed by atoms with Crippen molar-refractivity contribution in [1.82, 2.24) is 19.0 Å². The van der Waals surface area contributed by atoms with Gasteiger partial charge >= 0.3 is 0 Å². The normalized spacial score (nSPS) is 23.4. The highest BCUT2D eigenvalue weighted by molar-refractivity contribution is 7.88. The van der Waals surface area contributed by atoms with E-state index in [4.69, 9.17) is 0 Å². The molecule has 0 amide bonds. The van der Waals surface area contributed by atoms with Crippen molar-refractivity contribution < 1.29 is 8.42 Å². The number of aryl methyl sites for hydroxylation is 1. The van der Waals surface area contributed by atoms with E-state index in [0.29, 0.717) is 25.0 Å². The predicted molar refractivity (Wildman–Crippen MR) is 90.8 cm³/mol. The van der Waals surface area contributed by atoms with Crippen LogP contribution in [0.25, 0.3) is 5.65 Å². The van der Waals surface area contributed by atoms with Crippen molar-refractivity contribution in [3.8, 4) is 0 Å². The number of rotatable bonds is 4. The molecule has 0 radical (unpaired) electrons. The molecule has 126 valence electrons. The van der Waals surface area contributed by atoms with Gasteiger partial charge in [0, 0.05) is 31.9 Å². The molecule has 0 aromatic carbocycles. The summed E-state index contributed by atoms with van der Waals surface area (Å²) in [4.78, 5) is 4.44. The van der Waals surface area contributed by atoms with Crippen LogP contribution in [-0.4, -0.2) is 47.5 Å². The zero-order chi connectivity index (χ0) is 16.6. The molecule has 0 unspecified atom stereocenters. The fraction of sp³-hybridized carbons (Fsp3) is 0.562. The number of hydrogen-bond acceptors (Lipinski definition) is 4. The zero-order valence-corrected chi connectivity index (χ0v) is 14.7. The standard InChI is InChI=1S/C16H24N4O2S/c1-12-4-7-20-14(10-18-16(20)8-12)9-17-15-5-6-19(11-13(15)2)23(3,21)22/h4,7-8,10,13,15,17H,5-6,9,11H2,1-3H3/t13-,15-/m0/s1. The number of hydrogen-bond donors (Lipinski definition) is 1. The Kier molecular flexibility index (Phi) is 4.44. The molecule has 6 nitrogen and oxygen atoms in total. The molecule has 2 aromatic heterocycles. The van der Waals surface area contributed by atoms with Gasteiger partial charge in [-0.2, -0.15) is 0 Å². The molecule has 3 heterocycles. The van der Waals surface area contributed by atoms with Crippen LogP contribution in [-0.2, 0) is 16.6 Å². The Morgan fingerprint density at radius 1 is 1.43 bits per heavy atom. The number of nitrogens with one attached hydrogen (secondary N) is 1. The van der Waals surface area contributed by atoms with E-state index in [1.807, 2.05) is 12.4 Å². The van der Waals surface area contributed by atoms with Crippen LogP contribution in [0.4, 0.5) is 0 Å². The first-order chi connectivity index (χ1) is 10.8. The van der Waals surface area contributed by atoms with Gasteiger partial charge in [0.2, 0.25) is 10.0 Å². The molecule has 7 heteroatoms. The molecule has 1 aliphatic heterocycles. The van der Waals surface area contributed by atoms with Crippen molar-refractivity contribution >= 4 is 15.7 Å². The third kappa shape index (κ3) is 3.57. The van der Waals surface area contributed by atoms with Gasteiger partial charge in [-0.25, -0.2) is 17.7 Å². The lowest BCUT2D eigenvalue weighted by molar-refractivity contribution is 0.219. The first kappa shape index (κ1) is 16.4. The summed E-state index contributed by atoms with van der Waals surface area (Å²) in [5.74, 6) is 0.292. The SMILES string of the molecule is Cc1ccn2c(CN[C@H]3CCN(S(C)(=O)=O)C[C@@H]3C)cnc2c1. The smallest absolute Gasteiger partial charge is 0.211 e. The number of nitrogens with zero attached hydrogens (tertiary/aromatic N) is 3. The Hall–Kier alpha value is -1.44. The second-order valence-electron chi connectivity index (χ2n) is 6.56. The molecule has 0 aliphatic carbocycles. The summed E-state index contributed by atoms with van der Waals surface area (Å²) in [5.41, 5.74) is 3.28. The van der Waals surface area contributed by atoms with E-state index in [0.717, 1.165) is 24.3 Å². The maximum atomic E-state index is 11.7. The summed E-state index contributed by atoms with van der Waals surface area (Å²) in [6.07, 6.45) is 6.07. The molecular formula is C16H24N4O2S. The highest BCUT2D eigenvalue weighted by Crippen LogP contribution is 2.19. The number of fused-ring (bicyclic) bond motifs is 1. The number of sulfonamides is 1. The van der Waals surface area contributed by atoms with Gasteiger partial charge in [0.25, 0.3) is 0 Å². The lowest BCUT2D eigenvalue weighted by Gasteiger charge is -2.36. The molecule has 23 heavy (non-hydrogen) atoms. The van der Waals surface area contributed by atoms with Crippen LogP contribution in [0.2, 0.25) is 0 Å². The molecule has 1 aliphatic rings. The van der Waals surface area contributed by atoms with Crippen molar-refractivity contribution in [2.45, 2.75) is 32.9 Å². The summed E-state index contributed by atoms with van der Waals surface area (Å²) < 4.78 is 27.0. The van der Waals surface area contributed by atoms with Crippen molar-refractivity contribution in [3.63, 3.8) is 0 Å². The molecule has 0 bridgehead atoms. The maximum absolute atomic E-state index is 11.7. The number of piperidine rings is 1. The zero-order valence-electron chi connectivity index (χ0n) is 13.9. The molecule has 1 N–H and O–H groups in total. The summed E-state index contributed by atoms with van der Waals surface area (Å²) >= 11 is 0. The minimum absolute atomic E-state index is 0.292. The van der Waals surface area contributed by atoms with E-state index < -0.39 is 10.0 Å². The Labute approximate surface area is 137 Å². The lowest BCUT2D eigenvalue weighted by Crippen LogP contribution is -2.49. The summed E-state index contributed by atoms with van der Waals surface area (Å²) in [7, 11) is -3.08. The van der Waals surface area contributed by atoms with Gasteiger partial charge in [0.05, 0.1) is 18.1 Å². The van der Waals surface area contributed by atoms with Crippen LogP contribution in [0.3, 0.4) is 0 Å². The van der Waals surface area contributed by atoms with Crippen LogP contribution in [0, 0.1) is 12.8 Å². The van der Waals surface area contributed by atoms with E-state index in [2.05, 4.69) is 40.7 Å². The van der Waals surface area contributed by atoms with Crippen LogP contribution < -0.4 is 5.32 Å². The summed E-state index contributed by atoms with van der Waals surface area (Å²) in [6, 6.07) is 4.46. The predicted octanol–water partition coefficient (Wildman–Crippen LogP) is 1.40. The first-order valence-electron chi connectivity index (χ1n) is 7.95. The number of aromatic nitrogens is 2. The van der Waals surface area contributed by atoms with Gasteiger partial charge in [-0.1, -0.05) is 6.92 Å². The topological polar surface area (TPSA) is 66.7 Å². The van der Waals surface area contributed by atoms with Crippen LogP contribution in [0.15, 0.2) is 24.5 Å². The van der Waals surface area contributed by atoms with E-state index >= 15 is 0 Å². The Morgan fingerprint density at radius 2 is 2.22 bits per heavy atom. The third-order valence-corrected chi connectivity index (χ3v) is 5.90. The van der Waals surface area contributed by atoms with Crippen LogP contribution >= 0.6 is 0 Å². The minimum atomic E-state index is -3.08. The first-order valence-corrected chi connectivity index (χ1v) is 9.80. The molecule has 2 aromatic rings. The monoisotopic (exact) mass is 336 g/mol. The molecule has 2 atom stereocenters. The summed E-state index contributed by atoms with van der Waals surface area (Å²) in [5, 5.41) is 3.57. The Balaban J connectivity index is 1.64. The van der Waals surface area contributed by atoms with Crippen LogP contribution in [0.5, 0.6) is 0 Å². The van der Waals surface area contributed by atoms with E-state index in [1.54, 1.807) is 4.31 Å². The number of pyridine rings is 1. The molecule has 1 saturated heterocycles. The lowest BCUT2D eigenvalue weighted by atomic mass is 9.95. The van der Waals surface area contributed by atoms with Crippen molar-refractivity contribution in [3.05, 3.63) is 35.8 Å². The minimum Gasteiger partial charge on any atom is -0.308 e. The second kappa shape index (κ2) is 6.22. The van der Waals surface area contributed by atoms with Crippen molar-refractivity contribution in [2.75, 3.05) is 19.3 Å². The second-order valence-corrected chi connectivity index (χ2v) is 8.54. The molecule has 0 saturated carbocycles. The molecule has 3 rings (SSSR count). The molecule has 1 fully saturated rings. The van der Waals surface area contributed by atoms with Crippen LogP contribution in [0.1, 0.15) is 24.6 Å². The van der Waals surface area contributed by atoms with Gasteiger partial charge in [-0.15, -0.1) is 0 Å². The van der Waals surface area contributed by atoms with Crippen molar-refractivity contribution in [2.24, 2.45) is 5.92 Å². The highest BCUT2D eigenvalue weighted by atomic mass is 32.2. The third-order valence-electron chi connectivity index (χ3n) is 4.63. The average Bonchev–Trinajstić information content (AvgIpc) is 2.87. The maximum Gasteiger partial charge on any atom is 0.211 e. The van der Waals surface area contributed by atoms with Gasteiger partial charge < -0.3 is 9.72 Å². The molecular weight excluding hydrogens is 312 g/mol. The van der Waals surface area contributed by atoms with Gasteiger partial charge in [0.15, 0.2) is 0 Å². The molecule has 0 spiro atoms. The Bertz CT molecular complexity index is 800.